The molecular weight excluding hydrogens is 334 g/mol. The maximum absolute atomic E-state index is 12.7. The highest BCUT2D eigenvalue weighted by Gasteiger charge is 2.23. The van der Waals surface area contributed by atoms with Crippen molar-refractivity contribution in [2.24, 2.45) is 0 Å². The molecule has 0 saturated carbocycles. The van der Waals surface area contributed by atoms with Gasteiger partial charge in [-0.2, -0.15) is 0 Å². The van der Waals surface area contributed by atoms with E-state index in [-0.39, 0.29) is 11.6 Å². The first-order chi connectivity index (χ1) is 12.4. The first-order valence-corrected chi connectivity index (χ1v) is 8.36. The Hall–Kier alpha value is -3.09. The summed E-state index contributed by atoms with van der Waals surface area (Å²) in [6, 6.07) is 6.77. The van der Waals surface area contributed by atoms with Gasteiger partial charge in [0.2, 0.25) is 0 Å². The molecule has 2 aromatic rings. The quantitative estimate of drug-likeness (QED) is 0.692. The number of carbonyl (C=O) groups excluding carboxylic acids is 3. The molecule has 2 amide bonds. The van der Waals surface area contributed by atoms with Crippen molar-refractivity contribution in [1.29, 1.82) is 0 Å². The van der Waals surface area contributed by atoms with Crippen molar-refractivity contribution in [1.82, 2.24) is 10.3 Å². The lowest BCUT2D eigenvalue weighted by Crippen LogP contribution is -2.26. The van der Waals surface area contributed by atoms with Gasteiger partial charge in [0.25, 0.3) is 11.8 Å². The van der Waals surface area contributed by atoms with E-state index >= 15 is 0 Å². The summed E-state index contributed by atoms with van der Waals surface area (Å²) in [4.78, 5) is 39.7. The van der Waals surface area contributed by atoms with Crippen molar-refractivity contribution in [2.45, 2.75) is 27.2 Å². The monoisotopic (exact) mass is 357 g/mol. The van der Waals surface area contributed by atoms with Crippen LogP contribution in [0, 0.1) is 13.8 Å². The second-order valence-corrected chi connectivity index (χ2v) is 5.87. The van der Waals surface area contributed by atoms with E-state index in [0.717, 1.165) is 6.42 Å². The lowest BCUT2D eigenvalue weighted by atomic mass is 10.1. The number of hydrogen-bond donors (Lipinski definition) is 3. The van der Waals surface area contributed by atoms with Crippen LogP contribution in [0.3, 0.4) is 0 Å². The van der Waals surface area contributed by atoms with E-state index in [1.54, 1.807) is 38.1 Å². The van der Waals surface area contributed by atoms with E-state index in [1.165, 1.54) is 7.11 Å². The minimum absolute atomic E-state index is 0.252. The average Bonchev–Trinajstić information content (AvgIpc) is 2.94. The Morgan fingerprint density at radius 1 is 1.12 bits per heavy atom. The number of carbonyl (C=O) groups is 3. The fraction of sp³-hybridized carbons (Fsp3) is 0.316. The summed E-state index contributed by atoms with van der Waals surface area (Å²) in [7, 11) is 1.29. The summed E-state index contributed by atoms with van der Waals surface area (Å²) < 4.78 is 4.75. The number of aromatic amines is 1. The summed E-state index contributed by atoms with van der Waals surface area (Å²) in [6.45, 7) is 5.88. The van der Waals surface area contributed by atoms with Gasteiger partial charge in [-0.15, -0.1) is 0 Å². The molecule has 7 heteroatoms. The predicted molar refractivity (Wildman–Crippen MR) is 98.6 cm³/mol. The van der Waals surface area contributed by atoms with Gasteiger partial charge in [0.05, 0.1) is 23.9 Å². The topological polar surface area (TPSA) is 100 Å². The van der Waals surface area contributed by atoms with E-state index in [2.05, 4.69) is 15.6 Å². The Labute approximate surface area is 152 Å². The Balaban J connectivity index is 2.29. The molecule has 2 rings (SSSR count). The zero-order valence-corrected chi connectivity index (χ0v) is 15.4. The molecule has 0 aliphatic heterocycles. The first kappa shape index (κ1) is 19.2. The number of rotatable bonds is 6. The third-order valence-electron chi connectivity index (χ3n) is 4.01. The fourth-order valence-corrected chi connectivity index (χ4v) is 2.69. The van der Waals surface area contributed by atoms with E-state index in [9.17, 15) is 14.4 Å². The average molecular weight is 357 g/mol. The van der Waals surface area contributed by atoms with Crippen molar-refractivity contribution in [3.63, 3.8) is 0 Å². The molecule has 0 atom stereocenters. The maximum atomic E-state index is 12.7. The van der Waals surface area contributed by atoms with Gasteiger partial charge in [-0.3, -0.25) is 9.59 Å². The number of amides is 2. The van der Waals surface area contributed by atoms with Gasteiger partial charge in [-0.25, -0.2) is 4.79 Å². The SMILES string of the molecule is CCCNC(=O)c1ccccc1NC(=O)c1[nH]c(C)c(C(=O)OC)c1C. The highest BCUT2D eigenvalue weighted by Crippen LogP contribution is 2.21. The molecule has 0 bridgehead atoms. The van der Waals surface area contributed by atoms with Crippen molar-refractivity contribution in [2.75, 3.05) is 19.0 Å². The number of para-hydroxylation sites is 1. The number of hydrogen-bond acceptors (Lipinski definition) is 4. The smallest absolute Gasteiger partial charge is 0.339 e. The number of H-pyrrole nitrogens is 1. The van der Waals surface area contributed by atoms with Crippen molar-refractivity contribution in [3.05, 3.63) is 52.3 Å². The number of nitrogens with one attached hydrogen (secondary N) is 3. The number of esters is 1. The zero-order valence-electron chi connectivity index (χ0n) is 15.4. The number of ether oxygens (including phenoxy) is 1. The summed E-state index contributed by atoms with van der Waals surface area (Å²) in [5.74, 6) is -1.19. The lowest BCUT2D eigenvalue weighted by Gasteiger charge is -2.11. The molecule has 0 fully saturated rings. The highest BCUT2D eigenvalue weighted by atomic mass is 16.5. The van der Waals surface area contributed by atoms with Crippen LogP contribution in [-0.2, 0) is 4.74 Å². The first-order valence-electron chi connectivity index (χ1n) is 8.36. The van der Waals surface area contributed by atoms with Crippen LogP contribution in [0.1, 0.15) is 55.8 Å². The normalized spacial score (nSPS) is 10.3. The third-order valence-corrected chi connectivity index (χ3v) is 4.01. The van der Waals surface area contributed by atoms with Gasteiger partial charge in [0.15, 0.2) is 0 Å². The Bertz CT molecular complexity index is 839. The molecule has 1 heterocycles. The van der Waals surface area contributed by atoms with Crippen LogP contribution in [0.15, 0.2) is 24.3 Å². The lowest BCUT2D eigenvalue weighted by molar-refractivity contribution is 0.0599. The number of anilines is 1. The van der Waals surface area contributed by atoms with Gasteiger partial charge in [0, 0.05) is 12.2 Å². The molecule has 0 aliphatic rings. The molecule has 138 valence electrons. The van der Waals surface area contributed by atoms with E-state index in [4.69, 9.17) is 4.74 Å². The van der Waals surface area contributed by atoms with Crippen LogP contribution in [-0.4, -0.2) is 36.4 Å². The van der Waals surface area contributed by atoms with E-state index in [1.807, 2.05) is 6.92 Å². The van der Waals surface area contributed by atoms with Crippen molar-refractivity contribution < 1.29 is 19.1 Å². The van der Waals surface area contributed by atoms with Crippen LogP contribution in [0.4, 0.5) is 5.69 Å². The zero-order chi connectivity index (χ0) is 19.3. The molecular formula is C19H23N3O4. The standard InChI is InChI=1S/C19H23N3O4/c1-5-10-20-17(23)13-8-6-7-9-14(13)22-18(24)16-11(2)15(12(3)21-16)19(25)26-4/h6-9,21H,5,10H2,1-4H3,(H,20,23)(H,22,24). The van der Waals surface area contributed by atoms with Crippen LogP contribution < -0.4 is 10.6 Å². The number of aromatic nitrogens is 1. The minimum atomic E-state index is -0.505. The maximum Gasteiger partial charge on any atom is 0.339 e. The predicted octanol–water partition coefficient (Wildman–Crippen LogP) is 2.81. The summed E-state index contributed by atoms with van der Waals surface area (Å²) in [5, 5.41) is 5.53. The van der Waals surface area contributed by atoms with E-state index < -0.39 is 11.9 Å². The molecule has 0 radical (unpaired) electrons. The third kappa shape index (κ3) is 3.93. The number of benzene rings is 1. The molecule has 3 N–H and O–H groups in total. The molecule has 0 saturated heterocycles. The van der Waals surface area contributed by atoms with Crippen LogP contribution in [0.25, 0.3) is 0 Å². The molecule has 26 heavy (non-hydrogen) atoms. The largest absolute Gasteiger partial charge is 0.465 e. The summed E-state index contributed by atoms with van der Waals surface area (Å²) in [6.07, 6.45) is 0.817. The highest BCUT2D eigenvalue weighted by molar-refractivity contribution is 6.10. The molecule has 0 unspecified atom stereocenters. The number of aryl methyl sites for hydroxylation is 1. The van der Waals surface area contributed by atoms with E-state index in [0.29, 0.717) is 34.6 Å². The van der Waals surface area contributed by atoms with Crippen LogP contribution in [0.2, 0.25) is 0 Å². The van der Waals surface area contributed by atoms with Crippen LogP contribution >= 0.6 is 0 Å². The van der Waals surface area contributed by atoms with Gasteiger partial charge in [-0.1, -0.05) is 19.1 Å². The van der Waals surface area contributed by atoms with Gasteiger partial charge in [0.1, 0.15) is 5.69 Å². The second kappa shape index (κ2) is 8.33. The molecule has 7 nitrogen and oxygen atoms in total. The Morgan fingerprint density at radius 2 is 1.81 bits per heavy atom. The van der Waals surface area contributed by atoms with Crippen molar-refractivity contribution in [3.8, 4) is 0 Å². The Morgan fingerprint density at radius 3 is 2.46 bits per heavy atom. The second-order valence-electron chi connectivity index (χ2n) is 5.87. The molecule has 0 spiro atoms. The minimum Gasteiger partial charge on any atom is -0.465 e. The summed E-state index contributed by atoms with van der Waals surface area (Å²) >= 11 is 0. The van der Waals surface area contributed by atoms with Gasteiger partial charge >= 0.3 is 5.97 Å². The van der Waals surface area contributed by atoms with Gasteiger partial charge < -0.3 is 20.4 Å². The van der Waals surface area contributed by atoms with Crippen molar-refractivity contribution >= 4 is 23.5 Å². The molecule has 0 aliphatic carbocycles. The molecule has 1 aromatic heterocycles. The molecule has 1 aromatic carbocycles. The number of methoxy groups -OCH3 is 1. The van der Waals surface area contributed by atoms with Gasteiger partial charge in [-0.05, 0) is 38.0 Å². The fourth-order valence-electron chi connectivity index (χ4n) is 2.69. The summed E-state index contributed by atoms with van der Waals surface area (Å²) in [5.41, 5.74) is 2.42. The van der Waals surface area contributed by atoms with Crippen LogP contribution in [0.5, 0.6) is 0 Å². The Kier molecular flexibility index (Phi) is 6.16.